The molecule has 0 aliphatic rings. The first-order valence-electron chi connectivity index (χ1n) is 6.10. The zero-order valence-electron chi connectivity index (χ0n) is 11.2. The third kappa shape index (κ3) is 1.91. The average molecular weight is 270 g/mol. The number of H-pyrrole nitrogens is 1. The first-order chi connectivity index (χ1) is 9.70. The molecule has 2 heterocycles. The van der Waals surface area contributed by atoms with E-state index in [0.29, 0.717) is 5.69 Å². The van der Waals surface area contributed by atoms with E-state index in [1.54, 1.807) is 13.3 Å². The number of aromatic nitrogens is 3. The van der Waals surface area contributed by atoms with Crippen LogP contribution < -0.4 is 10.5 Å². The van der Waals surface area contributed by atoms with Gasteiger partial charge in [0, 0.05) is 6.20 Å². The molecule has 0 fully saturated rings. The number of benzene rings is 1. The van der Waals surface area contributed by atoms with E-state index < -0.39 is 0 Å². The van der Waals surface area contributed by atoms with Crippen LogP contribution >= 0.6 is 0 Å². The van der Waals surface area contributed by atoms with E-state index in [1.807, 2.05) is 31.2 Å². The molecule has 0 radical (unpaired) electrons. The Bertz CT molecular complexity index is 732. The molecule has 20 heavy (non-hydrogen) atoms. The highest BCUT2D eigenvalue weighted by Crippen LogP contribution is 2.37. The number of rotatable bonds is 3. The van der Waals surface area contributed by atoms with Crippen LogP contribution in [0.1, 0.15) is 5.56 Å². The fourth-order valence-electron chi connectivity index (χ4n) is 2.13. The summed E-state index contributed by atoms with van der Waals surface area (Å²) in [5, 5.41) is 10.8. The van der Waals surface area contributed by atoms with Gasteiger partial charge in [0.15, 0.2) is 0 Å². The van der Waals surface area contributed by atoms with Crippen LogP contribution in [0.25, 0.3) is 22.5 Å². The van der Waals surface area contributed by atoms with Crippen molar-refractivity contribution in [1.29, 1.82) is 0 Å². The van der Waals surface area contributed by atoms with Gasteiger partial charge in [-0.1, -0.05) is 17.3 Å². The summed E-state index contributed by atoms with van der Waals surface area (Å²) in [5.41, 5.74) is 9.95. The Balaban J connectivity index is 2.17. The molecule has 6 heteroatoms. The van der Waals surface area contributed by atoms with Gasteiger partial charge in [0.2, 0.25) is 5.88 Å². The Morgan fingerprint density at radius 1 is 1.30 bits per heavy atom. The summed E-state index contributed by atoms with van der Waals surface area (Å²) in [6, 6.07) is 7.66. The highest BCUT2D eigenvalue weighted by atomic mass is 16.5. The van der Waals surface area contributed by atoms with Crippen LogP contribution in [0.3, 0.4) is 0 Å². The number of hydrogen-bond donors (Lipinski definition) is 2. The maximum atomic E-state index is 5.90. The summed E-state index contributed by atoms with van der Waals surface area (Å²) in [4.78, 5) is 0. The number of methoxy groups -OCH3 is 1. The Kier molecular flexibility index (Phi) is 2.90. The topological polar surface area (TPSA) is 90.0 Å². The van der Waals surface area contributed by atoms with Crippen molar-refractivity contribution in [3.05, 3.63) is 36.0 Å². The van der Waals surface area contributed by atoms with Gasteiger partial charge in [-0.05, 0) is 30.2 Å². The maximum absolute atomic E-state index is 5.90. The molecule has 0 unspecified atom stereocenters. The van der Waals surface area contributed by atoms with E-state index in [4.69, 9.17) is 15.0 Å². The van der Waals surface area contributed by atoms with Gasteiger partial charge in [0.25, 0.3) is 0 Å². The molecule has 3 rings (SSSR count). The van der Waals surface area contributed by atoms with Gasteiger partial charge in [0.05, 0.1) is 18.4 Å². The second kappa shape index (κ2) is 4.73. The molecular formula is C14H14N4O2. The largest absolute Gasteiger partial charge is 0.496 e. The zero-order valence-corrected chi connectivity index (χ0v) is 11.2. The van der Waals surface area contributed by atoms with Gasteiger partial charge < -0.3 is 15.0 Å². The van der Waals surface area contributed by atoms with Crippen molar-refractivity contribution < 1.29 is 9.26 Å². The molecular weight excluding hydrogens is 256 g/mol. The number of nitrogens with two attached hydrogens (primary N) is 1. The number of nitrogen functional groups attached to an aromatic ring is 1. The van der Waals surface area contributed by atoms with E-state index in [-0.39, 0.29) is 5.88 Å². The lowest BCUT2D eigenvalue weighted by Crippen LogP contribution is -1.91. The molecule has 1 aromatic carbocycles. The number of nitrogens with one attached hydrogen (secondary N) is 1. The van der Waals surface area contributed by atoms with Gasteiger partial charge in [-0.25, -0.2) is 0 Å². The van der Waals surface area contributed by atoms with Gasteiger partial charge in [-0.2, -0.15) is 5.10 Å². The Hall–Kier alpha value is -2.76. The van der Waals surface area contributed by atoms with Crippen molar-refractivity contribution >= 4 is 5.88 Å². The zero-order chi connectivity index (χ0) is 14.1. The summed E-state index contributed by atoms with van der Waals surface area (Å²) < 4.78 is 10.5. The standard InChI is InChI=1S/C14H14N4O2/c1-8-3-4-9(7-11(8)19-2)12-13(18-20-14(12)15)10-5-6-16-17-10/h3-7H,15H2,1-2H3,(H,16,17). The summed E-state index contributed by atoms with van der Waals surface area (Å²) in [6.45, 7) is 1.98. The molecule has 0 aliphatic carbocycles. The third-order valence-corrected chi connectivity index (χ3v) is 3.17. The number of aryl methyl sites for hydroxylation is 1. The smallest absolute Gasteiger partial charge is 0.230 e. The van der Waals surface area contributed by atoms with Crippen molar-refractivity contribution in [3.8, 4) is 28.3 Å². The fraction of sp³-hybridized carbons (Fsp3) is 0.143. The minimum Gasteiger partial charge on any atom is -0.496 e. The summed E-state index contributed by atoms with van der Waals surface area (Å²) >= 11 is 0. The van der Waals surface area contributed by atoms with E-state index in [1.165, 1.54) is 0 Å². The first kappa shape index (κ1) is 12.3. The third-order valence-electron chi connectivity index (χ3n) is 3.17. The van der Waals surface area contributed by atoms with E-state index in [9.17, 15) is 0 Å². The van der Waals surface area contributed by atoms with Crippen LogP contribution in [0.5, 0.6) is 5.75 Å². The molecule has 3 N–H and O–H groups in total. The molecule has 0 atom stereocenters. The number of hydrogen-bond acceptors (Lipinski definition) is 5. The van der Waals surface area contributed by atoms with Crippen LogP contribution in [-0.4, -0.2) is 22.5 Å². The average Bonchev–Trinajstić information content (AvgIpc) is 3.08. The molecule has 2 aromatic heterocycles. The number of aromatic amines is 1. The molecule has 3 aromatic rings. The van der Waals surface area contributed by atoms with Crippen molar-refractivity contribution in [2.75, 3.05) is 12.8 Å². The predicted molar refractivity (Wildman–Crippen MR) is 75.2 cm³/mol. The van der Waals surface area contributed by atoms with Crippen LogP contribution in [0, 0.1) is 6.92 Å². The molecule has 0 bridgehead atoms. The number of anilines is 1. The quantitative estimate of drug-likeness (QED) is 0.763. The lowest BCUT2D eigenvalue weighted by molar-refractivity contribution is 0.412. The molecule has 102 valence electrons. The SMILES string of the molecule is COc1cc(-c2c(-c3ccn[nH]3)noc2N)ccc1C. The maximum Gasteiger partial charge on any atom is 0.230 e. The molecule has 6 nitrogen and oxygen atoms in total. The molecule has 0 amide bonds. The number of nitrogens with zero attached hydrogens (tertiary/aromatic N) is 2. The second-order valence-electron chi connectivity index (χ2n) is 4.43. The second-order valence-corrected chi connectivity index (χ2v) is 4.43. The fourth-order valence-corrected chi connectivity index (χ4v) is 2.13. The Labute approximate surface area is 115 Å². The summed E-state index contributed by atoms with van der Waals surface area (Å²) in [7, 11) is 1.64. The van der Waals surface area contributed by atoms with Crippen molar-refractivity contribution in [3.63, 3.8) is 0 Å². The van der Waals surface area contributed by atoms with Crippen molar-refractivity contribution in [2.45, 2.75) is 6.92 Å². The highest BCUT2D eigenvalue weighted by Gasteiger charge is 2.19. The van der Waals surface area contributed by atoms with Gasteiger partial charge in [-0.15, -0.1) is 0 Å². The Morgan fingerprint density at radius 2 is 2.15 bits per heavy atom. The molecule has 0 saturated heterocycles. The van der Waals surface area contributed by atoms with Crippen LogP contribution in [0.4, 0.5) is 5.88 Å². The lowest BCUT2D eigenvalue weighted by Gasteiger charge is -2.07. The van der Waals surface area contributed by atoms with Crippen LogP contribution in [-0.2, 0) is 0 Å². The van der Waals surface area contributed by atoms with Gasteiger partial charge in [-0.3, -0.25) is 5.10 Å². The minimum atomic E-state index is 0.264. The molecule has 0 saturated carbocycles. The monoisotopic (exact) mass is 270 g/mol. The highest BCUT2D eigenvalue weighted by molar-refractivity contribution is 5.86. The number of ether oxygens (including phenoxy) is 1. The van der Waals surface area contributed by atoms with Gasteiger partial charge >= 0.3 is 0 Å². The normalized spacial score (nSPS) is 10.7. The van der Waals surface area contributed by atoms with Crippen molar-refractivity contribution in [1.82, 2.24) is 15.4 Å². The lowest BCUT2D eigenvalue weighted by atomic mass is 10.0. The Morgan fingerprint density at radius 3 is 2.85 bits per heavy atom. The van der Waals surface area contributed by atoms with E-state index in [0.717, 1.165) is 28.1 Å². The van der Waals surface area contributed by atoms with Crippen molar-refractivity contribution in [2.24, 2.45) is 0 Å². The summed E-state index contributed by atoms with van der Waals surface area (Å²) in [6.07, 6.45) is 1.65. The van der Waals surface area contributed by atoms with Gasteiger partial charge in [0.1, 0.15) is 11.4 Å². The van der Waals surface area contributed by atoms with Crippen LogP contribution in [0.15, 0.2) is 35.0 Å². The van der Waals surface area contributed by atoms with Crippen LogP contribution in [0.2, 0.25) is 0 Å². The summed E-state index contributed by atoms with van der Waals surface area (Å²) in [5.74, 6) is 1.05. The minimum absolute atomic E-state index is 0.264. The van der Waals surface area contributed by atoms with E-state index in [2.05, 4.69) is 15.4 Å². The predicted octanol–water partition coefficient (Wildman–Crippen LogP) is 2.63. The van der Waals surface area contributed by atoms with E-state index >= 15 is 0 Å². The first-order valence-corrected chi connectivity index (χ1v) is 6.10. The molecule has 0 aliphatic heterocycles. The molecule has 0 spiro atoms.